The molecule has 0 saturated carbocycles. The number of nitrogens with one attached hydrogen (secondary N) is 1. The maximum Gasteiger partial charge on any atom is 0.329 e. The van der Waals surface area contributed by atoms with Crippen molar-refractivity contribution in [1.29, 1.82) is 0 Å². The summed E-state index contributed by atoms with van der Waals surface area (Å²) in [6.45, 7) is 4.05. The normalized spacial score (nSPS) is 12.0. The second-order valence-corrected chi connectivity index (χ2v) is 6.15. The molecule has 1 amide bonds. The molecule has 0 fully saturated rings. The van der Waals surface area contributed by atoms with Gasteiger partial charge in [0.15, 0.2) is 0 Å². The van der Waals surface area contributed by atoms with E-state index in [2.05, 4.69) is 24.9 Å². The molecule has 0 heterocycles. The lowest BCUT2D eigenvalue weighted by Gasteiger charge is -2.14. The molecule has 0 rings (SSSR count). The highest BCUT2D eigenvalue weighted by Crippen LogP contribution is 2.10. The van der Waals surface area contributed by atoms with E-state index in [4.69, 9.17) is 4.74 Å². The molecule has 0 aromatic heterocycles. The fourth-order valence-corrected chi connectivity index (χ4v) is 2.53. The lowest BCUT2D eigenvalue weighted by Crippen LogP contribution is -2.42. The van der Waals surface area contributed by atoms with Crippen molar-refractivity contribution in [2.45, 2.75) is 84.1 Å². The van der Waals surface area contributed by atoms with E-state index in [1.54, 1.807) is 0 Å². The molecule has 0 spiro atoms. The highest BCUT2D eigenvalue weighted by atomic mass is 32.1. The van der Waals surface area contributed by atoms with E-state index in [0.29, 0.717) is 6.61 Å². The quantitative estimate of drug-likeness (QED) is 0.288. The molecule has 0 aromatic rings. The first-order chi connectivity index (χ1) is 10.6. The molecule has 5 heteroatoms. The molecule has 0 bridgehead atoms. The van der Waals surface area contributed by atoms with Gasteiger partial charge in [-0.25, -0.2) is 4.79 Å². The first-order valence-electron chi connectivity index (χ1n) is 8.66. The van der Waals surface area contributed by atoms with Crippen LogP contribution in [0.25, 0.3) is 0 Å². The third kappa shape index (κ3) is 13.0. The van der Waals surface area contributed by atoms with Crippen LogP contribution in [0.5, 0.6) is 0 Å². The molecule has 0 aliphatic carbocycles. The average molecular weight is 332 g/mol. The number of esters is 1. The molecule has 0 radical (unpaired) electrons. The van der Waals surface area contributed by atoms with E-state index in [-0.39, 0.29) is 17.6 Å². The zero-order valence-corrected chi connectivity index (χ0v) is 15.1. The maximum absolute atomic E-state index is 11.7. The van der Waals surface area contributed by atoms with Gasteiger partial charge in [0.05, 0.1) is 6.61 Å². The van der Waals surface area contributed by atoms with E-state index >= 15 is 0 Å². The predicted molar refractivity (Wildman–Crippen MR) is 94.3 cm³/mol. The lowest BCUT2D eigenvalue weighted by atomic mass is 10.1. The molecule has 1 N–H and O–H groups in total. The second kappa shape index (κ2) is 15.2. The Morgan fingerprint density at radius 2 is 1.45 bits per heavy atom. The SMILES string of the molecule is CCCCCCCCCCCCOC(=O)C(CS)NC(C)=O. The van der Waals surface area contributed by atoms with Gasteiger partial charge in [0.1, 0.15) is 6.04 Å². The fourth-order valence-electron chi connectivity index (χ4n) is 2.29. The third-order valence-corrected chi connectivity index (χ3v) is 3.95. The minimum Gasteiger partial charge on any atom is -0.464 e. The topological polar surface area (TPSA) is 55.4 Å². The van der Waals surface area contributed by atoms with E-state index in [9.17, 15) is 9.59 Å². The van der Waals surface area contributed by atoms with E-state index in [1.165, 1.54) is 58.3 Å². The summed E-state index contributed by atoms with van der Waals surface area (Å²) in [5.74, 6) is -0.368. The van der Waals surface area contributed by atoms with Gasteiger partial charge in [-0.3, -0.25) is 4.79 Å². The van der Waals surface area contributed by atoms with Crippen molar-refractivity contribution in [3.63, 3.8) is 0 Å². The van der Waals surface area contributed by atoms with Crippen LogP contribution in [0.15, 0.2) is 0 Å². The molecular weight excluding hydrogens is 298 g/mol. The Morgan fingerprint density at radius 1 is 0.955 bits per heavy atom. The fraction of sp³-hybridized carbons (Fsp3) is 0.882. The van der Waals surface area contributed by atoms with E-state index < -0.39 is 6.04 Å². The number of carbonyl (C=O) groups is 2. The standard InChI is InChI=1S/C17H33NO3S/c1-3-4-5-6-7-8-9-10-11-12-13-21-17(20)16(14-22)18-15(2)19/h16,22H,3-14H2,1-2H3,(H,18,19). The van der Waals surface area contributed by atoms with Gasteiger partial charge in [0.2, 0.25) is 5.91 Å². The molecule has 4 nitrogen and oxygen atoms in total. The average Bonchev–Trinajstić information content (AvgIpc) is 2.49. The van der Waals surface area contributed by atoms with Gasteiger partial charge < -0.3 is 10.1 Å². The second-order valence-electron chi connectivity index (χ2n) is 5.79. The first-order valence-corrected chi connectivity index (χ1v) is 9.29. The Bertz CT molecular complexity index is 298. The molecule has 130 valence electrons. The predicted octanol–water partition coefficient (Wildman–Crippen LogP) is 3.89. The summed E-state index contributed by atoms with van der Waals surface area (Å²) in [6.07, 6.45) is 12.5. The maximum atomic E-state index is 11.7. The third-order valence-electron chi connectivity index (χ3n) is 3.59. The van der Waals surface area contributed by atoms with Crippen LogP contribution < -0.4 is 5.32 Å². The van der Waals surface area contributed by atoms with Crippen LogP contribution >= 0.6 is 12.6 Å². The molecule has 0 saturated heterocycles. The number of hydrogen-bond acceptors (Lipinski definition) is 4. The first kappa shape index (κ1) is 21.3. The Kier molecular flexibility index (Phi) is 14.7. The van der Waals surface area contributed by atoms with Gasteiger partial charge in [-0.15, -0.1) is 0 Å². The lowest BCUT2D eigenvalue weighted by molar-refractivity contribution is -0.147. The molecule has 1 unspecified atom stereocenters. The van der Waals surface area contributed by atoms with Gasteiger partial charge in [-0.1, -0.05) is 64.7 Å². The number of thiol groups is 1. The van der Waals surface area contributed by atoms with E-state index in [0.717, 1.165) is 12.8 Å². The number of ether oxygens (including phenoxy) is 1. The Morgan fingerprint density at radius 3 is 1.91 bits per heavy atom. The van der Waals surface area contributed by atoms with Crippen molar-refractivity contribution in [2.24, 2.45) is 0 Å². The van der Waals surface area contributed by atoms with Gasteiger partial charge in [0.25, 0.3) is 0 Å². The Balaban J connectivity index is 3.41. The van der Waals surface area contributed by atoms with E-state index in [1.807, 2.05) is 0 Å². The van der Waals surface area contributed by atoms with Crippen molar-refractivity contribution < 1.29 is 14.3 Å². The summed E-state index contributed by atoms with van der Waals surface area (Å²) in [5.41, 5.74) is 0. The van der Waals surface area contributed by atoms with Gasteiger partial charge in [0, 0.05) is 12.7 Å². The van der Waals surface area contributed by atoms with Crippen LogP contribution in [-0.2, 0) is 14.3 Å². The van der Waals surface area contributed by atoms with Crippen molar-refractivity contribution >= 4 is 24.5 Å². The van der Waals surface area contributed by atoms with Gasteiger partial charge in [-0.05, 0) is 6.42 Å². The zero-order chi connectivity index (χ0) is 16.6. The van der Waals surface area contributed by atoms with Gasteiger partial charge in [-0.2, -0.15) is 12.6 Å². The van der Waals surface area contributed by atoms with Crippen LogP contribution in [-0.4, -0.2) is 30.3 Å². The number of hydrogen-bond donors (Lipinski definition) is 2. The van der Waals surface area contributed by atoms with Gasteiger partial charge >= 0.3 is 5.97 Å². The van der Waals surface area contributed by atoms with Crippen LogP contribution in [0.2, 0.25) is 0 Å². The van der Waals surface area contributed by atoms with Crippen LogP contribution in [0.3, 0.4) is 0 Å². The number of amides is 1. The van der Waals surface area contributed by atoms with Crippen molar-refractivity contribution in [3.05, 3.63) is 0 Å². The van der Waals surface area contributed by atoms with Crippen molar-refractivity contribution in [3.8, 4) is 0 Å². The largest absolute Gasteiger partial charge is 0.464 e. The summed E-state index contributed by atoms with van der Waals surface area (Å²) in [5, 5.41) is 2.53. The minimum atomic E-state index is -0.635. The van der Waals surface area contributed by atoms with Crippen molar-refractivity contribution in [2.75, 3.05) is 12.4 Å². The zero-order valence-electron chi connectivity index (χ0n) is 14.2. The number of unbranched alkanes of at least 4 members (excludes halogenated alkanes) is 9. The number of rotatable bonds is 14. The number of carbonyl (C=O) groups excluding carboxylic acids is 2. The molecule has 0 aromatic carbocycles. The summed E-state index contributed by atoms with van der Waals surface area (Å²) < 4.78 is 5.17. The molecule has 22 heavy (non-hydrogen) atoms. The van der Waals surface area contributed by atoms with Crippen LogP contribution in [0.4, 0.5) is 0 Å². The van der Waals surface area contributed by atoms with Crippen molar-refractivity contribution in [1.82, 2.24) is 5.32 Å². The Hall–Kier alpha value is -0.710. The molecule has 1 atom stereocenters. The summed E-state index contributed by atoms with van der Waals surface area (Å²) >= 11 is 4.05. The Labute approximate surface area is 141 Å². The highest BCUT2D eigenvalue weighted by Gasteiger charge is 2.18. The monoisotopic (exact) mass is 331 g/mol. The minimum absolute atomic E-state index is 0.241. The molecular formula is C17H33NO3S. The summed E-state index contributed by atoms with van der Waals surface area (Å²) in [4.78, 5) is 22.6. The molecule has 0 aliphatic rings. The van der Waals surface area contributed by atoms with Crippen LogP contribution in [0, 0.1) is 0 Å². The summed E-state index contributed by atoms with van der Waals surface area (Å²) in [6, 6.07) is -0.635. The van der Waals surface area contributed by atoms with Crippen LogP contribution in [0.1, 0.15) is 78.1 Å². The summed E-state index contributed by atoms with van der Waals surface area (Å²) in [7, 11) is 0. The molecule has 0 aliphatic heterocycles. The smallest absolute Gasteiger partial charge is 0.329 e. The highest BCUT2D eigenvalue weighted by molar-refractivity contribution is 7.80.